The number of hydrogen-bond acceptors (Lipinski definition) is 7. The molecular formula is C14H21N5OS. The Bertz CT molecular complexity index is 656. The largest absolute Gasteiger partial charge is 0.376 e. The van der Waals surface area contributed by atoms with Crippen LogP contribution in [0, 0.1) is 13.8 Å². The standard InChI is InChI=1S/C14H21N5OS/c1-8-6-19(4-5-20-8)7-11-16-13(18-15)12-9(2)10(3)21-14(12)17-11/h8H,4-7,15H2,1-3H3,(H,16,17,18). The number of nitrogens with two attached hydrogens (primary N) is 1. The number of fused-ring (bicyclic) bond motifs is 1. The van der Waals surface area contributed by atoms with Crippen LogP contribution in [0.1, 0.15) is 23.2 Å². The zero-order valence-electron chi connectivity index (χ0n) is 12.6. The van der Waals surface area contributed by atoms with E-state index in [-0.39, 0.29) is 6.10 Å². The molecular weight excluding hydrogens is 286 g/mol. The lowest BCUT2D eigenvalue weighted by Gasteiger charge is -2.30. The number of nitrogens with one attached hydrogen (secondary N) is 1. The van der Waals surface area contributed by atoms with E-state index in [0.29, 0.717) is 0 Å². The maximum Gasteiger partial charge on any atom is 0.152 e. The molecule has 1 aliphatic rings. The summed E-state index contributed by atoms with van der Waals surface area (Å²) in [4.78, 5) is 13.9. The number of anilines is 1. The number of rotatable bonds is 3. The maximum absolute atomic E-state index is 5.65. The van der Waals surface area contributed by atoms with E-state index in [1.165, 1.54) is 10.4 Å². The highest BCUT2D eigenvalue weighted by atomic mass is 32.1. The van der Waals surface area contributed by atoms with E-state index in [1.54, 1.807) is 11.3 Å². The Morgan fingerprint density at radius 2 is 2.24 bits per heavy atom. The van der Waals surface area contributed by atoms with Crippen LogP contribution < -0.4 is 11.3 Å². The minimum absolute atomic E-state index is 0.265. The summed E-state index contributed by atoms with van der Waals surface area (Å²) in [6, 6.07) is 0. The van der Waals surface area contributed by atoms with Gasteiger partial charge in [0.2, 0.25) is 0 Å². The van der Waals surface area contributed by atoms with Gasteiger partial charge in [-0.05, 0) is 26.3 Å². The van der Waals surface area contributed by atoms with Crippen molar-refractivity contribution in [3.63, 3.8) is 0 Å². The number of ether oxygens (including phenoxy) is 1. The monoisotopic (exact) mass is 307 g/mol. The Kier molecular flexibility index (Phi) is 4.08. The van der Waals surface area contributed by atoms with Crippen molar-refractivity contribution in [2.24, 2.45) is 5.84 Å². The van der Waals surface area contributed by atoms with E-state index in [1.807, 2.05) is 0 Å². The number of hydrazine groups is 1. The average molecular weight is 307 g/mol. The molecule has 6 nitrogen and oxygen atoms in total. The molecule has 0 bridgehead atoms. The second-order valence-corrected chi connectivity index (χ2v) is 6.72. The first kappa shape index (κ1) is 14.6. The van der Waals surface area contributed by atoms with Gasteiger partial charge >= 0.3 is 0 Å². The normalized spacial score (nSPS) is 20.1. The predicted molar refractivity (Wildman–Crippen MR) is 85.4 cm³/mol. The number of hydrogen-bond donors (Lipinski definition) is 2. The lowest BCUT2D eigenvalue weighted by molar-refractivity contribution is -0.0219. The van der Waals surface area contributed by atoms with Gasteiger partial charge in [-0.3, -0.25) is 4.90 Å². The lowest BCUT2D eigenvalue weighted by atomic mass is 10.2. The van der Waals surface area contributed by atoms with E-state index in [4.69, 9.17) is 15.6 Å². The number of nitrogens with zero attached hydrogens (tertiary/aromatic N) is 3. The summed E-state index contributed by atoms with van der Waals surface area (Å²) in [6.45, 7) is 9.61. The number of nitrogen functional groups attached to an aromatic ring is 1. The molecule has 1 aliphatic heterocycles. The van der Waals surface area contributed by atoms with Crippen LogP contribution in [0.2, 0.25) is 0 Å². The molecule has 3 rings (SSSR count). The summed E-state index contributed by atoms with van der Waals surface area (Å²) >= 11 is 1.70. The van der Waals surface area contributed by atoms with Crippen LogP contribution in [0.15, 0.2) is 0 Å². The van der Waals surface area contributed by atoms with Crippen LogP contribution in [0.5, 0.6) is 0 Å². The van der Waals surface area contributed by atoms with Crippen molar-refractivity contribution in [1.29, 1.82) is 0 Å². The molecule has 7 heteroatoms. The molecule has 3 heterocycles. The Morgan fingerprint density at radius 1 is 1.43 bits per heavy atom. The van der Waals surface area contributed by atoms with Crippen LogP contribution in [-0.4, -0.2) is 40.7 Å². The molecule has 0 spiro atoms. The first-order valence-electron chi connectivity index (χ1n) is 7.15. The molecule has 0 aliphatic carbocycles. The number of aromatic nitrogens is 2. The summed E-state index contributed by atoms with van der Waals surface area (Å²) in [5, 5.41) is 1.04. The van der Waals surface area contributed by atoms with E-state index in [9.17, 15) is 0 Å². The first-order chi connectivity index (χ1) is 10.1. The molecule has 2 aromatic rings. The van der Waals surface area contributed by atoms with Crippen LogP contribution in [0.4, 0.5) is 5.82 Å². The first-order valence-corrected chi connectivity index (χ1v) is 7.97. The third-order valence-electron chi connectivity index (χ3n) is 3.90. The van der Waals surface area contributed by atoms with Gasteiger partial charge in [-0.15, -0.1) is 11.3 Å². The fourth-order valence-corrected chi connectivity index (χ4v) is 3.75. The van der Waals surface area contributed by atoms with Gasteiger partial charge in [0.15, 0.2) is 5.82 Å². The smallest absolute Gasteiger partial charge is 0.152 e. The summed E-state index contributed by atoms with van der Waals surface area (Å²) in [5.74, 6) is 7.18. The van der Waals surface area contributed by atoms with E-state index in [0.717, 1.165) is 48.1 Å². The van der Waals surface area contributed by atoms with E-state index >= 15 is 0 Å². The van der Waals surface area contributed by atoms with Gasteiger partial charge in [0, 0.05) is 18.0 Å². The highest BCUT2D eigenvalue weighted by Gasteiger charge is 2.19. The number of thiophene rings is 1. The summed E-state index contributed by atoms with van der Waals surface area (Å²) < 4.78 is 5.57. The summed E-state index contributed by atoms with van der Waals surface area (Å²) in [5.41, 5.74) is 3.93. The molecule has 21 heavy (non-hydrogen) atoms. The third kappa shape index (κ3) is 2.87. The molecule has 2 aromatic heterocycles. The van der Waals surface area contributed by atoms with Crippen molar-refractivity contribution in [3.8, 4) is 0 Å². The minimum Gasteiger partial charge on any atom is -0.376 e. The molecule has 0 amide bonds. The number of aryl methyl sites for hydroxylation is 2. The highest BCUT2D eigenvalue weighted by molar-refractivity contribution is 7.18. The topological polar surface area (TPSA) is 76.3 Å². The zero-order valence-corrected chi connectivity index (χ0v) is 13.5. The Balaban J connectivity index is 1.92. The van der Waals surface area contributed by atoms with Gasteiger partial charge in [0.25, 0.3) is 0 Å². The minimum atomic E-state index is 0.265. The summed E-state index contributed by atoms with van der Waals surface area (Å²) in [6.07, 6.45) is 0.265. The zero-order chi connectivity index (χ0) is 15.0. The third-order valence-corrected chi connectivity index (χ3v) is 5.00. The molecule has 1 atom stereocenters. The quantitative estimate of drug-likeness (QED) is 0.665. The van der Waals surface area contributed by atoms with Gasteiger partial charge in [-0.1, -0.05) is 0 Å². The Hall–Kier alpha value is -1.28. The second kappa shape index (κ2) is 5.84. The van der Waals surface area contributed by atoms with Gasteiger partial charge < -0.3 is 10.2 Å². The fourth-order valence-electron chi connectivity index (χ4n) is 2.70. The van der Waals surface area contributed by atoms with E-state index < -0.39 is 0 Å². The fraction of sp³-hybridized carbons (Fsp3) is 0.571. The van der Waals surface area contributed by atoms with Crippen molar-refractivity contribution < 1.29 is 4.74 Å². The van der Waals surface area contributed by atoms with Crippen molar-refractivity contribution in [3.05, 3.63) is 16.3 Å². The van der Waals surface area contributed by atoms with Crippen molar-refractivity contribution in [2.75, 3.05) is 25.1 Å². The van der Waals surface area contributed by atoms with Crippen molar-refractivity contribution >= 4 is 27.4 Å². The summed E-state index contributed by atoms with van der Waals surface area (Å²) in [7, 11) is 0. The number of morpholine rings is 1. The van der Waals surface area contributed by atoms with Crippen LogP contribution >= 0.6 is 11.3 Å². The molecule has 0 aromatic carbocycles. The van der Waals surface area contributed by atoms with Crippen molar-refractivity contribution in [1.82, 2.24) is 14.9 Å². The molecule has 3 N–H and O–H groups in total. The molecule has 1 saturated heterocycles. The molecule has 1 unspecified atom stereocenters. The van der Waals surface area contributed by atoms with Gasteiger partial charge in [-0.2, -0.15) is 0 Å². The molecule has 0 radical (unpaired) electrons. The van der Waals surface area contributed by atoms with Gasteiger partial charge in [0.05, 0.1) is 24.6 Å². The lowest BCUT2D eigenvalue weighted by Crippen LogP contribution is -2.40. The Morgan fingerprint density at radius 3 is 2.95 bits per heavy atom. The van der Waals surface area contributed by atoms with Crippen LogP contribution in [-0.2, 0) is 11.3 Å². The highest BCUT2D eigenvalue weighted by Crippen LogP contribution is 2.33. The Labute approximate surface area is 128 Å². The van der Waals surface area contributed by atoms with E-state index in [2.05, 4.69) is 36.1 Å². The predicted octanol–water partition coefficient (Wildman–Crippen LogP) is 1.81. The van der Waals surface area contributed by atoms with Gasteiger partial charge in [-0.25, -0.2) is 15.8 Å². The van der Waals surface area contributed by atoms with Crippen LogP contribution in [0.3, 0.4) is 0 Å². The van der Waals surface area contributed by atoms with Crippen LogP contribution in [0.25, 0.3) is 10.2 Å². The second-order valence-electron chi connectivity index (χ2n) is 5.51. The SMILES string of the molecule is Cc1sc2nc(CN3CCOC(C)C3)nc(NN)c2c1C. The molecule has 0 saturated carbocycles. The molecule has 114 valence electrons. The van der Waals surface area contributed by atoms with Gasteiger partial charge in [0.1, 0.15) is 10.7 Å². The average Bonchev–Trinajstić information content (AvgIpc) is 2.73. The molecule has 1 fully saturated rings. The maximum atomic E-state index is 5.65. The van der Waals surface area contributed by atoms with Crippen molar-refractivity contribution in [2.45, 2.75) is 33.4 Å².